The Morgan fingerprint density at radius 2 is 1.74 bits per heavy atom. The largest absolute Gasteiger partial charge is 0.356 e. The number of guanidine groups is 1. The van der Waals surface area contributed by atoms with E-state index >= 15 is 0 Å². The van der Waals surface area contributed by atoms with Crippen LogP contribution in [0.1, 0.15) is 52.4 Å². The van der Waals surface area contributed by atoms with E-state index in [9.17, 15) is 0 Å². The maximum absolute atomic E-state index is 4.50. The van der Waals surface area contributed by atoms with Crippen molar-refractivity contribution in [3.05, 3.63) is 0 Å². The van der Waals surface area contributed by atoms with Crippen molar-refractivity contribution in [1.29, 1.82) is 0 Å². The van der Waals surface area contributed by atoms with Crippen molar-refractivity contribution >= 4 is 5.96 Å². The molecule has 2 atom stereocenters. The molecule has 1 heterocycles. The number of hydrogen-bond donors (Lipinski definition) is 1. The minimum Gasteiger partial charge on any atom is -0.356 e. The molecule has 0 aromatic rings. The molecule has 0 amide bonds. The summed E-state index contributed by atoms with van der Waals surface area (Å²) in [4.78, 5) is 7.00. The second kappa shape index (κ2) is 7.16. The van der Waals surface area contributed by atoms with E-state index in [4.69, 9.17) is 0 Å². The molecule has 0 aromatic heterocycles. The first-order chi connectivity index (χ1) is 9.28. The number of nitrogens with one attached hydrogen (secondary N) is 1. The first-order valence-corrected chi connectivity index (χ1v) is 8.24. The zero-order chi connectivity index (χ0) is 13.7. The molecule has 2 aliphatic rings. The topological polar surface area (TPSA) is 27.6 Å². The highest BCUT2D eigenvalue weighted by Crippen LogP contribution is 2.35. The first kappa shape index (κ1) is 14.7. The van der Waals surface area contributed by atoms with Crippen LogP contribution in [0.2, 0.25) is 0 Å². The van der Waals surface area contributed by atoms with Crippen molar-refractivity contribution in [2.24, 2.45) is 22.7 Å². The van der Waals surface area contributed by atoms with Crippen LogP contribution in [0.15, 0.2) is 4.99 Å². The van der Waals surface area contributed by atoms with E-state index in [0.29, 0.717) is 0 Å². The normalized spacial score (nSPS) is 27.8. The average molecular weight is 265 g/mol. The quantitative estimate of drug-likeness (QED) is 0.625. The number of likely N-dealkylation sites (tertiary alicyclic amines) is 1. The minimum absolute atomic E-state index is 0.779. The highest BCUT2D eigenvalue weighted by Gasteiger charge is 2.35. The Kier molecular flexibility index (Phi) is 5.53. The number of nitrogens with zero attached hydrogens (tertiary/aromatic N) is 2. The van der Waals surface area contributed by atoms with Gasteiger partial charge in [-0.3, -0.25) is 4.99 Å². The smallest absolute Gasteiger partial charge is 0.193 e. The molecule has 2 unspecified atom stereocenters. The van der Waals surface area contributed by atoms with Crippen LogP contribution < -0.4 is 5.32 Å². The Balaban J connectivity index is 1.85. The second-order valence-electron chi connectivity index (χ2n) is 6.32. The van der Waals surface area contributed by atoms with E-state index < -0.39 is 0 Å². The summed E-state index contributed by atoms with van der Waals surface area (Å²) in [6.45, 7) is 8.10. The Morgan fingerprint density at radius 1 is 1.16 bits per heavy atom. The minimum atomic E-state index is 0.779. The summed E-state index contributed by atoms with van der Waals surface area (Å²) in [5.41, 5.74) is 0. The lowest BCUT2D eigenvalue weighted by atomic mass is 9.82. The zero-order valence-electron chi connectivity index (χ0n) is 13.0. The number of fused-ring (bicyclic) bond motifs is 1. The van der Waals surface area contributed by atoms with Gasteiger partial charge in [-0.15, -0.1) is 0 Å². The van der Waals surface area contributed by atoms with Gasteiger partial charge >= 0.3 is 0 Å². The van der Waals surface area contributed by atoms with Gasteiger partial charge in [-0.1, -0.05) is 39.5 Å². The molecule has 0 bridgehead atoms. The van der Waals surface area contributed by atoms with Gasteiger partial charge in [0.25, 0.3) is 0 Å². The molecule has 0 radical (unpaired) electrons. The van der Waals surface area contributed by atoms with Crippen molar-refractivity contribution in [3.63, 3.8) is 0 Å². The Labute approximate surface area is 118 Å². The predicted octanol–water partition coefficient (Wildman–Crippen LogP) is 3.12. The third kappa shape index (κ3) is 3.64. The lowest BCUT2D eigenvalue weighted by Gasteiger charge is -2.23. The van der Waals surface area contributed by atoms with Crippen molar-refractivity contribution < 1.29 is 0 Å². The van der Waals surface area contributed by atoms with Crippen LogP contribution in [-0.4, -0.2) is 37.5 Å². The molecule has 1 saturated carbocycles. The number of aliphatic imine (C=N–C) groups is 1. The molecule has 0 spiro atoms. The Bertz CT molecular complexity index is 282. The van der Waals surface area contributed by atoms with Crippen molar-refractivity contribution in [2.45, 2.75) is 52.4 Å². The summed E-state index contributed by atoms with van der Waals surface area (Å²) in [6, 6.07) is 0. The zero-order valence-corrected chi connectivity index (χ0v) is 13.0. The van der Waals surface area contributed by atoms with Crippen LogP contribution in [0, 0.1) is 17.8 Å². The molecule has 1 saturated heterocycles. The molecule has 110 valence electrons. The molecule has 1 N–H and O–H groups in total. The molecule has 2 rings (SSSR count). The fourth-order valence-electron chi connectivity index (χ4n) is 3.72. The average Bonchev–Trinajstić information content (AvgIpc) is 2.87. The second-order valence-corrected chi connectivity index (χ2v) is 6.32. The summed E-state index contributed by atoms with van der Waals surface area (Å²) >= 11 is 0. The van der Waals surface area contributed by atoms with Gasteiger partial charge in [-0.25, -0.2) is 0 Å². The van der Waals surface area contributed by atoms with Gasteiger partial charge in [0.05, 0.1) is 0 Å². The van der Waals surface area contributed by atoms with Gasteiger partial charge in [0.2, 0.25) is 0 Å². The van der Waals surface area contributed by atoms with E-state index in [0.717, 1.165) is 30.3 Å². The molecule has 1 aliphatic heterocycles. The standard InChI is InChI=1S/C16H31N3/c1-4-13(5-2)10-18-16(17-3)19-11-14-8-6-7-9-15(14)12-19/h13-15H,4-12H2,1-3H3,(H,17,18). The molecular formula is C16H31N3. The lowest BCUT2D eigenvalue weighted by molar-refractivity contribution is 0.299. The summed E-state index contributed by atoms with van der Waals surface area (Å²) < 4.78 is 0. The van der Waals surface area contributed by atoms with E-state index in [1.54, 1.807) is 0 Å². The van der Waals surface area contributed by atoms with Crippen LogP contribution in [0.3, 0.4) is 0 Å². The Hall–Kier alpha value is -0.730. The maximum atomic E-state index is 4.50. The van der Waals surface area contributed by atoms with Gasteiger partial charge in [0, 0.05) is 26.7 Å². The summed E-state index contributed by atoms with van der Waals surface area (Å²) in [7, 11) is 1.93. The molecule has 1 aliphatic carbocycles. The van der Waals surface area contributed by atoms with Crippen molar-refractivity contribution in [2.75, 3.05) is 26.7 Å². The summed E-state index contributed by atoms with van der Waals surface area (Å²) in [6.07, 6.45) is 8.26. The van der Waals surface area contributed by atoms with Gasteiger partial charge in [-0.2, -0.15) is 0 Å². The van der Waals surface area contributed by atoms with Crippen LogP contribution in [0.5, 0.6) is 0 Å². The highest BCUT2D eigenvalue weighted by molar-refractivity contribution is 5.80. The fourth-order valence-corrected chi connectivity index (χ4v) is 3.72. The third-order valence-corrected chi connectivity index (χ3v) is 5.19. The molecule has 19 heavy (non-hydrogen) atoms. The summed E-state index contributed by atoms with van der Waals surface area (Å²) in [5.74, 6) is 3.78. The molecule has 0 aromatic carbocycles. The van der Waals surface area contributed by atoms with Crippen LogP contribution in [0.25, 0.3) is 0 Å². The predicted molar refractivity (Wildman–Crippen MR) is 82.5 cm³/mol. The molecule has 3 heteroatoms. The number of hydrogen-bond acceptors (Lipinski definition) is 1. The highest BCUT2D eigenvalue weighted by atomic mass is 15.3. The van der Waals surface area contributed by atoms with Crippen LogP contribution in [-0.2, 0) is 0 Å². The van der Waals surface area contributed by atoms with Gasteiger partial charge < -0.3 is 10.2 Å². The fraction of sp³-hybridized carbons (Fsp3) is 0.938. The molecular weight excluding hydrogens is 234 g/mol. The van der Waals surface area contributed by atoms with Crippen molar-refractivity contribution in [1.82, 2.24) is 10.2 Å². The van der Waals surface area contributed by atoms with E-state index in [1.165, 1.54) is 51.6 Å². The van der Waals surface area contributed by atoms with E-state index in [1.807, 2.05) is 7.05 Å². The van der Waals surface area contributed by atoms with Gasteiger partial charge in [0.1, 0.15) is 0 Å². The van der Waals surface area contributed by atoms with E-state index in [-0.39, 0.29) is 0 Å². The monoisotopic (exact) mass is 265 g/mol. The maximum Gasteiger partial charge on any atom is 0.193 e. The SMILES string of the molecule is CCC(CC)CNC(=NC)N1CC2CCCCC2C1. The number of rotatable bonds is 4. The van der Waals surface area contributed by atoms with E-state index in [2.05, 4.69) is 29.1 Å². The Morgan fingerprint density at radius 3 is 2.21 bits per heavy atom. The van der Waals surface area contributed by atoms with Crippen molar-refractivity contribution in [3.8, 4) is 0 Å². The van der Waals surface area contributed by atoms with Gasteiger partial charge in [-0.05, 0) is 30.6 Å². The molecule has 2 fully saturated rings. The molecule has 3 nitrogen and oxygen atoms in total. The summed E-state index contributed by atoms with van der Waals surface area (Å²) in [5, 5.41) is 3.60. The first-order valence-electron chi connectivity index (χ1n) is 8.24. The van der Waals surface area contributed by atoms with Gasteiger partial charge in [0.15, 0.2) is 5.96 Å². The van der Waals surface area contributed by atoms with Crippen LogP contribution >= 0.6 is 0 Å². The lowest BCUT2D eigenvalue weighted by Crippen LogP contribution is -2.42. The van der Waals surface area contributed by atoms with Crippen LogP contribution in [0.4, 0.5) is 0 Å². The third-order valence-electron chi connectivity index (χ3n) is 5.19.